The number of hydrogen-bond donors (Lipinski definition) is 1. The summed E-state index contributed by atoms with van der Waals surface area (Å²) in [4.78, 5) is 14.4. The number of halogens is 5. The van der Waals surface area contributed by atoms with E-state index in [4.69, 9.17) is 5.11 Å². The van der Waals surface area contributed by atoms with E-state index in [-0.39, 0.29) is 0 Å². The van der Waals surface area contributed by atoms with Crippen molar-refractivity contribution in [3.05, 3.63) is 29.6 Å². The quantitative estimate of drug-likeness (QED) is 0.867. The number of rotatable bonds is 2. The fourth-order valence-corrected chi connectivity index (χ4v) is 1.92. The third-order valence-corrected chi connectivity index (χ3v) is 3.03. The zero-order valence-corrected chi connectivity index (χ0v) is 10.8. The van der Waals surface area contributed by atoms with Gasteiger partial charge in [0, 0.05) is 12.1 Å². The molecule has 0 radical (unpaired) electrons. The standard InChI is InChI=1S/C12H9F5N2O2/c1-11(2,10(20)21)19-8-4-6(14)5(13)3-7(8)18-9(19)12(15,16)17/h3-4H,1-2H3,(H,20,21). The maximum absolute atomic E-state index is 13.3. The fraction of sp³-hybridized carbons (Fsp3) is 0.333. The number of benzene rings is 1. The molecule has 1 heterocycles. The lowest BCUT2D eigenvalue weighted by molar-refractivity contribution is -0.154. The first kappa shape index (κ1) is 15.2. The van der Waals surface area contributed by atoms with Gasteiger partial charge in [-0.3, -0.25) is 0 Å². The molecule has 0 saturated heterocycles. The van der Waals surface area contributed by atoms with Crippen molar-refractivity contribution in [2.24, 2.45) is 0 Å². The normalized spacial score (nSPS) is 12.9. The van der Waals surface area contributed by atoms with E-state index in [1.807, 2.05) is 0 Å². The molecule has 0 fully saturated rings. The second-order valence-corrected chi connectivity index (χ2v) is 4.89. The summed E-state index contributed by atoms with van der Waals surface area (Å²) in [5, 5.41) is 9.10. The molecule has 0 aliphatic heterocycles. The Morgan fingerprint density at radius 1 is 1.19 bits per heavy atom. The van der Waals surface area contributed by atoms with Crippen LogP contribution in [-0.2, 0) is 16.5 Å². The van der Waals surface area contributed by atoms with Crippen molar-refractivity contribution in [1.82, 2.24) is 9.55 Å². The monoisotopic (exact) mass is 308 g/mol. The van der Waals surface area contributed by atoms with E-state index in [0.29, 0.717) is 16.7 Å². The minimum atomic E-state index is -4.97. The molecule has 0 spiro atoms. The largest absolute Gasteiger partial charge is 0.480 e. The van der Waals surface area contributed by atoms with Gasteiger partial charge in [-0.15, -0.1) is 0 Å². The van der Waals surface area contributed by atoms with Gasteiger partial charge in [-0.1, -0.05) is 0 Å². The molecule has 9 heteroatoms. The Labute approximate surface area is 114 Å². The van der Waals surface area contributed by atoms with E-state index in [1.165, 1.54) is 0 Å². The van der Waals surface area contributed by atoms with Crippen LogP contribution in [0.5, 0.6) is 0 Å². The Hall–Kier alpha value is -2.19. The number of hydrogen-bond acceptors (Lipinski definition) is 2. The molecule has 0 unspecified atom stereocenters. The number of carboxylic acids is 1. The van der Waals surface area contributed by atoms with Gasteiger partial charge in [-0.2, -0.15) is 13.2 Å². The van der Waals surface area contributed by atoms with Crippen LogP contribution in [0.15, 0.2) is 12.1 Å². The van der Waals surface area contributed by atoms with Gasteiger partial charge in [-0.05, 0) is 13.8 Å². The highest BCUT2D eigenvalue weighted by Crippen LogP contribution is 2.36. The third-order valence-electron chi connectivity index (χ3n) is 3.03. The summed E-state index contributed by atoms with van der Waals surface area (Å²) >= 11 is 0. The van der Waals surface area contributed by atoms with Crippen LogP contribution in [0.3, 0.4) is 0 Å². The number of nitrogens with zero attached hydrogens (tertiary/aromatic N) is 2. The average molecular weight is 308 g/mol. The molecule has 1 aromatic carbocycles. The molecule has 1 aromatic heterocycles. The van der Waals surface area contributed by atoms with Crippen LogP contribution in [0, 0.1) is 11.6 Å². The van der Waals surface area contributed by atoms with Crippen LogP contribution in [0.2, 0.25) is 0 Å². The second-order valence-electron chi connectivity index (χ2n) is 4.89. The SMILES string of the molecule is CC(C)(C(=O)O)n1c(C(F)(F)F)nc2cc(F)c(F)cc21. The van der Waals surface area contributed by atoms with Crippen molar-refractivity contribution in [1.29, 1.82) is 0 Å². The summed E-state index contributed by atoms with van der Waals surface area (Å²) in [6.45, 7) is 2.01. The number of carbonyl (C=O) groups is 1. The fourth-order valence-electron chi connectivity index (χ4n) is 1.92. The molecule has 0 bridgehead atoms. The van der Waals surface area contributed by atoms with E-state index < -0.39 is 46.2 Å². The molecule has 0 aliphatic carbocycles. The molecule has 0 amide bonds. The lowest BCUT2D eigenvalue weighted by Crippen LogP contribution is -2.38. The maximum Gasteiger partial charge on any atom is 0.449 e. The maximum atomic E-state index is 13.3. The van der Waals surface area contributed by atoms with Crippen molar-refractivity contribution in [3.63, 3.8) is 0 Å². The van der Waals surface area contributed by atoms with Crippen LogP contribution in [0.25, 0.3) is 11.0 Å². The Kier molecular flexibility index (Phi) is 3.19. The number of aliphatic carboxylic acids is 1. The van der Waals surface area contributed by atoms with Crippen molar-refractivity contribution < 1.29 is 31.9 Å². The van der Waals surface area contributed by atoms with E-state index in [0.717, 1.165) is 13.8 Å². The Morgan fingerprint density at radius 3 is 2.19 bits per heavy atom. The summed E-state index contributed by atoms with van der Waals surface area (Å²) in [7, 11) is 0. The summed E-state index contributed by atoms with van der Waals surface area (Å²) in [5.74, 6) is -5.86. The van der Waals surface area contributed by atoms with Gasteiger partial charge in [0.2, 0.25) is 5.82 Å². The van der Waals surface area contributed by atoms with E-state index in [2.05, 4.69) is 4.98 Å². The van der Waals surface area contributed by atoms with Gasteiger partial charge in [0.05, 0.1) is 11.0 Å². The predicted molar refractivity (Wildman–Crippen MR) is 61.6 cm³/mol. The molecule has 4 nitrogen and oxygen atoms in total. The number of alkyl halides is 3. The molecule has 0 saturated carbocycles. The van der Waals surface area contributed by atoms with E-state index in [9.17, 15) is 26.7 Å². The first-order valence-electron chi connectivity index (χ1n) is 5.65. The van der Waals surface area contributed by atoms with Gasteiger partial charge < -0.3 is 9.67 Å². The van der Waals surface area contributed by atoms with E-state index >= 15 is 0 Å². The number of imidazole rings is 1. The van der Waals surface area contributed by atoms with Gasteiger partial charge in [0.25, 0.3) is 0 Å². The summed E-state index contributed by atoms with van der Waals surface area (Å²) in [6.07, 6.45) is -4.97. The van der Waals surface area contributed by atoms with Crippen molar-refractivity contribution in [3.8, 4) is 0 Å². The predicted octanol–water partition coefficient (Wildman–Crippen LogP) is 3.15. The lowest BCUT2D eigenvalue weighted by Gasteiger charge is -2.25. The Balaban J connectivity index is 2.94. The van der Waals surface area contributed by atoms with Crippen LogP contribution in [-0.4, -0.2) is 20.6 Å². The zero-order chi connectivity index (χ0) is 16.2. The first-order valence-corrected chi connectivity index (χ1v) is 5.65. The van der Waals surface area contributed by atoms with Crippen molar-refractivity contribution >= 4 is 17.0 Å². The third kappa shape index (κ3) is 2.32. The molecule has 2 rings (SSSR count). The highest BCUT2D eigenvalue weighted by Gasteiger charge is 2.44. The summed E-state index contributed by atoms with van der Waals surface area (Å²) in [5.41, 5.74) is -2.98. The molecule has 0 aliphatic rings. The summed E-state index contributed by atoms with van der Waals surface area (Å²) in [6, 6.07) is 0.992. The highest BCUT2D eigenvalue weighted by molar-refractivity contribution is 5.82. The minimum absolute atomic E-state index is 0.340. The molecule has 21 heavy (non-hydrogen) atoms. The van der Waals surface area contributed by atoms with Gasteiger partial charge in [0.15, 0.2) is 11.6 Å². The zero-order valence-electron chi connectivity index (χ0n) is 10.8. The van der Waals surface area contributed by atoms with Crippen LogP contribution < -0.4 is 0 Å². The van der Waals surface area contributed by atoms with Gasteiger partial charge >= 0.3 is 12.1 Å². The topological polar surface area (TPSA) is 55.1 Å². The summed E-state index contributed by atoms with van der Waals surface area (Å²) < 4.78 is 65.8. The molecule has 114 valence electrons. The van der Waals surface area contributed by atoms with Crippen LogP contribution in [0.4, 0.5) is 22.0 Å². The number of carboxylic acid groups (broad SMARTS) is 1. The minimum Gasteiger partial charge on any atom is -0.480 e. The Bertz CT molecular complexity index is 733. The molecule has 1 N–H and O–H groups in total. The number of aromatic nitrogens is 2. The van der Waals surface area contributed by atoms with Gasteiger partial charge in [-0.25, -0.2) is 18.6 Å². The van der Waals surface area contributed by atoms with Gasteiger partial charge in [0.1, 0.15) is 5.54 Å². The van der Waals surface area contributed by atoms with Crippen molar-refractivity contribution in [2.45, 2.75) is 25.6 Å². The second kappa shape index (κ2) is 4.40. The Morgan fingerprint density at radius 2 is 1.71 bits per heavy atom. The molecule has 0 atom stereocenters. The van der Waals surface area contributed by atoms with Crippen LogP contribution in [0.1, 0.15) is 19.7 Å². The highest BCUT2D eigenvalue weighted by atomic mass is 19.4. The first-order chi connectivity index (χ1) is 9.46. The lowest BCUT2D eigenvalue weighted by atomic mass is 10.1. The molecular formula is C12H9F5N2O2. The molecular weight excluding hydrogens is 299 g/mol. The molecule has 2 aromatic rings. The van der Waals surface area contributed by atoms with Crippen LogP contribution >= 0.6 is 0 Å². The van der Waals surface area contributed by atoms with E-state index in [1.54, 1.807) is 0 Å². The van der Waals surface area contributed by atoms with Crippen molar-refractivity contribution in [2.75, 3.05) is 0 Å². The smallest absolute Gasteiger partial charge is 0.449 e. The average Bonchev–Trinajstić information content (AvgIpc) is 2.68. The number of fused-ring (bicyclic) bond motifs is 1.